The Hall–Kier alpha value is -1.27. The first-order chi connectivity index (χ1) is 14.4. The number of nitrogens with zero attached hydrogens (tertiary/aromatic N) is 2. The third kappa shape index (κ3) is 9.40. The van der Waals surface area contributed by atoms with Crippen LogP contribution in [0.2, 0.25) is 0 Å². The zero-order valence-electron chi connectivity index (χ0n) is 19.0. The maximum atomic E-state index is 12.2. The van der Waals surface area contributed by atoms with Crippen LogP contribution in [0.3, 0.4) is 0 Å². The summed E-state index contributed by atoms with van der Waals surface area (Å²) in [4.78, 5) is 4.65. The highest BCUT2D eigenvalue weighted by atomic mass is 127. The topological polar surface area (TPSA) is 92.3 Å². The molecule has 1 aliphatic heterocycles. The van der Waals surface area contributed by atoms with E-state index < -0.39 is 10.0 Å². The number of benzene rings is 1. The van der Waals surface area contributed by atoms with Crippen LogP contribution in [0.1, 0.15) is 40.0 Å². The summed E-state index contributed by atoms with van der Waals surface area (Å²) >= 11 is 0. The number of rotatable bonds is 10. The summed E-state index contributed by atoms with van der Waals surface area (Å²) in [5, 5.41) is 6.70. The fraction of sp³-hybridized carbons (Fsp3) is 0.667. The molecule has 0 amide bonds. The van der Waals surface area contributed by atoms with Crippen LogP contribution >= 0.6 is 24.0 Å². The van der Waals surface area contributed by atoms with Gasteiger partial charge in [0.2, 0.25) is 10.0 Å². The molecule has 8 nitrogen and oxygen atoms in total. The Morgan fingerprint density at radius 3 is 2.35 bits per heavy atom. The van der Waals surface area contributed by atoms with E-state index in [4.69, 9.17) is 9.47 Å². The van der Waals surface area contributed by atoms with Gasteiger partial charge in [0.05, 0.1) is 19.4 Å². The Bertz CT molecular complexity index is 766. The molecule has 1 unspecified atom stereocenters. The second-order valence-corrected chi connectivity index (χ2v) is 9.55. The van der Waals surface area contributed by atoms with Gasteiger partial charge in [-0.25, -0.2) is 17.7 Å². The predicted octanol–water partition coefficient (Wildman–Crippen LogP) is 2.84. The minimum Gasteiger partial charge on any atom is -0.497 e. The van der Waals surface area contributed by atoms with Gasteiger partial charge in [-0.05, 0) is 57.4 Å². The third-order valence-electron chi connectivity index (χ3n) is 4.90. The molecule has 0 saturated carbocycles. The molecule has 10 heteroatoms. The summed E-state index contributed by atoms with van der Waals surface area (Å²) in [6, 6.07) is 7.69. The Morgan fingerprint density at radius 1 is 1.19 bits per heavy atom. The summed E-state index contributed by atoms with van der Waals surface area (Å²) in [6.45, 7) is 8.26. The molecule has 2 N–H and O–H groups in total. The summed E-state index contributed by atoms with van der Waals surface area (Å²) in [5.41, 5.74) is 0. The molecular formula is C21H37IN4O4S. The van der Waals surface area contributed by atoms with E-state index in [-0.39, 0.29) is 41.9 Å². The van der Waals surface area contributed by atoms with Crippen LogP contribution in [0.25, 0.3) is 0 Å². The van der Waals surface area contributed by atoms with E-state index in [9.17, 15) is 8.42 Å². The van der Waals surface area contributed by atoms with Gasteiger partial charge in [0.1, 0.15) is 17.6 Å². The Morgan fingerprint density at radius 2 is 1.81 bits per heavy atom. The first-order valence-electron chi connectivity index (χ1n) is 10.7. The molecule has 1 saturated heterocycles. The van der Waals surface area contributed by atoms with Crippen molar-refractivity contribution in [3.8, 4) is 11.5 Å². The van der Waals surface area contributed by atoms with Gasteiger partial charge in [0, 0.05) is 25.7 Å². The quantitative estimate of drug-likeness (QED) is 0.256. The molecule has 0 aliphatic carbocycles. The maximum absolute atomic E-state index is 12.2. The number of guanidine groups is 1. The summed E-state index contributed by atoms with van der Waals surface area (Å²) < 4.78 is 37.1. The molecule has 31 heavy (non-hydrogen) atoms. The van der Waals surface area contributed by atoms with Crippen LogP contribution in [0.5, 0.6) is 11.5 Å². The van der Waals surface area contributed by atoms with Gasteiger partial charge in [-0.2, -0.15) is 0 Å². The van der Waals surface area contributed by atoms with Gasteiger partial charge in [-0.3, -0.25) is 0 Å². The van der Waals surface area contributed by atoms with Gasteiger partial charge in [0.15, 0.2) is 5.96 Å². The molecule has 1 fully saturated rings. The number of ether oxygens (including phenoxy) is 2. The van der Waals surface area contributed by atoms with Gasteiger partial charge < -0.3 is 20.1 Å². The monoisotopic (exact) mass is 568 g/mol. The third-order valence-corrected chi connectivity index (χ3v) is 6.97. The summed E-state index contributed by atoms with van der Waals surface area (Å²) in [6.07, 6.45) is 2.10. The number of aliphatic imine (C=N–C) groups is 1. The smallest absolute Gasteiger partial charge is 0.214 e. The fourth-order valence-electron chi connectivity index (χ4n) is 3.32. The number of hydrogen-bond acceptors (Lipinski definition) is 5. The van der Waals surface area contributed by atoms with Crippen LogP contribution in [0, 0.1) is 0 Å². The highest BCUT2D eigenvalue weighted by Gasteiger charge is 2.27. The van der Waals surface area contributed by atoms with E-state index >= 15 is 0 Å². The molecule has 1 aromatic rings. The first-order valence-corrected chi connectivity index (χ1v) is 12.3. The molecule has 0 spiro atoms. The highest BCUT2D eigenvalue weighted by Crippen LogP contribution is 2.18. The van der Waals surface area contributed by atoms with E-state index in [1.807, 2.05) is 45.0 Å². The number of nitrogens with one attached hydrogen (secondary N) is 2. The van der Waals surface area contributed by atoms with Crippen LogP contribution < -0.4 is 20.1 Å². The molecule has 1 aliphatic rings. The molecular weight excluding hydrogens is 531 g/mol. The van der Waals surface area contributed by atoms with Crippen LogP contribution in [-0.2, 0) is 10.0 Å². The van der Waals surface area contributed by atoms with E-state index in [1.54, 1.807) is 11.4 Å². The summed E-state index contributed by atoms with van der Waals surface area (Å²) in [7, 11) is -1.48. The first kappa shape index (κ1) is 27.8. The van der Waals surface area contributed by atoms with Crippen molar-refractivity contribution in [2.75, 3.05) is 39.0 Å². The molecule has 1 heterocycles. The predicted molar refractivity (Wildman–Crippen MR) is 136 cm³/mol. The second kappa shape index (κ2) is 14.0. The van der Waals surface area contributed by atoms with Crippen LogP contribution in [-0.4, -0.2) is 69.9 Å². The van der Waals surface area contributed by atoms with Crippen molar-refractivity contribution in [3.63, 3.8) is 0 Å². The standard InChI is InChI=1S/C21H36N4O4S.HI/c1-5-15-30(26,27)25-13-11-18(12-14-25)24-21(22-6-2)23-16-17(3)29-20-9-7-19(28-4)8-10-20;/h7-10,17-18H,5-6,11-16H2,1-4H3,(H2,22,23,24);1H. The normalized spacial score (nSPS) is 16.8. The maximum Gasteiger partial charge on any atom is 0.214 e. The number of piperidine rings is 1. The number of sulfonamides is 1. The van der Waals surface area contributed by atoms with Crippen molar-refractivity contribution in [1.82, 2.24) is 14.9 Å². The van der Waals surface area contributed by atoms with Crippen molar-refractivity contribution in [1.29, 1.82) is 0 Å². The van der Waals surface area contributed by atoms with Gasteiger partial charge in [-0.15, -0.1) is 24.0 Å². The number of halogens is 1. The van der Waals surface area contributed by atoms with Crippen molar-refractivity contribution >= 4 is 40.0 Å². The molecule has 0 aromatic heterocycles. The number of hydrogen-bond donors (Lipinski definition) is 2. The fourth-order valence-corrected chi connectivity index (χ4v) is 4.86. The van der Waals surface area contributed by atoms with Crippen LogP contribution in [0.15, 0.2) is 29.3 Å². The average Bonchev–Trinajstić information content (AvgIpc) is 2.73. The molecule has 0 radical (unpaired) electrons. The van der Waals surface area contributed by atoms with Crippen molar-refractivity contribution in [2.45, 2.75) is 52.2 Å². The molecule has 1 atom stereocenters. The molecule has 1 aromatic carbocycles. The molecule has 0 bridgehead atoms. The minimum absolute atomic E-state index is 0. The Labute approximate surface area is 204 Å². The van der Waals surface area contributed by atoms with Crippen LogP contribution in [0.4, 0.5) is 0 Å². The van der Waals surface area contributed by atoms with E-state index in [2.05, 4.69) is 15.6 Å². The molecule has 2 rings (SSSR count). The zero-order valence-corrected chi connectivity index (χ0v) is 22.1. The Kier molecular flexibility index (Phi) is 12.5. The van der Waals surface area contributed by atoms with Crippen molar-refractivity contribution in [3.05, 3.63) is 24.3 Å². The van der Waals surface area contributed by atoms with Crippen molar-refractivity contribution < 1.29 is 17.9 Å². The average molecular weight is 569 g/mol. The molecule has 178 valence electrons. The lowest BCUT2D eigenvalue weighted by atomic mass is 10.1. The minimum atomic E-state index is -3.12. The van der Waals surface area contributed by atoms with E-state index in [1.165, 1.54) is 0 Å². The lowest BCUT2D eigenvalue weighted by Gasteiger charge is -2.32. The lowest BCUT2D eigenvalue weighted by Crippen LogP contribution is -2.50. The van der Waals surface area contributed by atoms with Gasteiger partial charge in [0.25, 0.3) is 0 Å². The van der Waals surface area contributed by atoms with E-state index in [0.29, 0.717) is 26.1 Å². The Balaban J connectivity index is 0.00000480. The highest BCUT2D eigenvalue weighted by molar-refractivity contribution is 14.0. The zero-order chi connectivity index (χ0) is 22.0. The summed E-state index contributed by atoms with van der Waals surface area (Å²) in [5.74, 6) is 2.52. The van der Waals surface area contributed by atoms with Crippen molar-refractivity contribution in [2.24, 2.45) is 4.99 Å². The SMILES string of the molecule is CCCS(=O)(=O)N1CCC(NC(=NCC(C)Oc2ccc(OC)cc2)NCC)CC1.I. The van der Waals surface area contributed by atoms with Gasteiger partial charge in [-0.1, -0.05) is 6.92 Å². The number of methoxy groups -OCH3 is 1. The second-order valence-electron chi connectivity index (χ2n) is 7.46. The van der Waals surface area contributed by atoms with Gasteiger partial charge >= 0.3 is 0 Å². The largest absolute Gasteiger partial charge is 0.497 e. The van der Waals surface area contributed by atoms with E-state index in [0.717, 1.165) is 36.8 Å². The lowest BCUT2D eigenvalue weighted by molar-refractivity contribution is 0.229.